The second-order valence-electron chi connectivity index (χ2n) is 4.76. The zero-order valence-corrected chi connectivity index (χ0v) is 11.3. The van der Waals surface area contributed by atoms with Gasteiger partial charge in [-0.1, -0.05) is 12.1 Å². The third-order valence-electron chi connectivity index (χ3n) is 3.23. The second kappa shape index (κ2) is 5.71. The first kappa shape index (κ1) is 14.0. The monoisotopic (exact) mass is 283 g/mol. The van der Waals surface area contributed by atoms with Crippen LogP contribution in [0.4, 0.5) is 5.69 Å². The molecule has 5 nitrogen and oxygen atoms in total. The fraction of sp³-hybridized carbons (Fsp3) is 0.462. The van der Waals surface area contributed by atoms with Crippen molar-refractivity contribution in [1.82, 2.24) is 0 Å². The van der Waals surface area contributed by atoms with Gasteiger partial charge in [0.15, 0.2) is 9.84 Å². The molecule has 1 fully saturated rings. The van der Waals surface area contributed by atoms with Gasteiger partial charge in [-0.15, -0.1) is 0 Å². The van der Waals surface area contributed by atoms with Gasteiger partial charge in [-0.05, 0) is 30.5 Å². The van der Waals surface area contributed by atoms with Gasteiger partial charge in [-0.25, -0.2) is 8.42 Å². The van der Waals surface area contributed by atoms with Crippen LogP contribution in [0.5, 0.6) is 0 Å². The van der Waals surface area contributed by atoms with Gasteiger partial charge in [0.05, 0.1) is 17.4 Å². The van der Waals surface area contributed by atoms with Crippen LogP contribution in [0.2, 0.25) is 0 Å². The lowest BCUT2D eigenvalue weighted by atomic mass is 10.1. The first-order valence-corrected chi connectivity index (χ1v) is 8.03. The van der Waals surface area contributed by atoms with Crippen molar-refractivity contribution in [2.75, 3.05) is 23.4 Å². The molecule has 1 aromatic carbocycles. The van der Waals surface area contributed by atoms with Crippen LogP contribution < -0.4 is 5.32 Å². The van der Waals surface area contributed by atoms with Crippen LogP contribution in [-0.2, 0) is 21.1 Å². The number of nitrogens with one attached hydrogen (secondary N) is 1. The molecule has 0 bridgehead atoms. The summed E-state index contributed by atoms with van der Waals surface area (Å²) in [6.45, 7) is 0.0889. The largest absolute Gasteiger partial charge is 0.396 e. The van der Waals surface area contributed by atoms with Gasteiger partial charge in [0.1, 0.15) is 0 Å². The highest BCUT2D eigenvalue weighted by molar-refractivity contribution is 7.91. The van der Waals surface area contributed by atoms with Crippen molar-refractivity contribution in [3.63, 3.8) is 0 Å². The molecule has 6 heteroatoms. The van der Waals surface area contributed by atoms with Crippen LogP contribution in [0.25, 0.3) is 0 Å². The molecule has 0 aliphatic carbocycles. The van der Waals surface area contributed by atoms with Gasteiger partial charge >= 0.3 is 0 Å². The Morgan fingerprint density at radius 2 is 2.00 bits per heavy atom. The Hall–Kier alpha value is -1.40. The van der Waals surface area contributed by atoms with Gasteiger partial charge < -0.3 is 10.4 Å². The smallest absolute Gasteiger partial charge is 0.228 e. The summed E-state index contributed by atoms with van der Waals surface area (Å²) >= 11 is 0. The van der Waals surface area contributed by atoms with Crippen LogP contribution in [0.3, 0.4) is 0 Å². The number of anilines is 1. The number of carbonyl (C=O) groups excluding carboxylic acids is 1. The molecular formula is C13H17NO4S. The molecule has 1 unspecified atom stereocenters. The van der Waals surface area contributed by atoms with Crippen molar-refractivity contribution in [2.24, 2.45) is 5.92 Å². The minimum Gasteiger partial charge on any atom is -0.396 e. The van der Waals surface area contributed by atoms with E-state index < -0.39 is 15.8 Å². The van der Waals surface area contributed by atoms with Gasteiger partial charge in [0.2, 0.25) is 5.91 Å². The molecule has 19 heavy (non-hydrogen) atoms. The summed E-state index contributed by atoms with van der Waals surface area (Å²) in [5.41, 5.74) is 1.64. The average molecular weight is 283 g/mol. The molecule has 0 aromatic heterocycles. The molecule has 0 radical (unpaired) electrons. The molecule has 1 aliphatic heterocycles. The van der Waals surface area contributed by atoms with Crippen LogP contribution in [0.1, 0.15) is 12.0 Å². The molecule has 1 saturated heterocycles. The summed E-state index contributed by atoms with van der Waals surface area (Å²) in [7, 11) is -3.04. The second-order valence-corrected chi connectivity index (χ2v) is 6.99. The summed E-state index contributed by atoms with van der Waals surface area (Å²) in [6, 6.07) is 7.17. The number of rotatable bonds is 4. The number of hydrogen-bond acceptors (Lipinski definition) is 4. The maximum atomic E-state index is 11.9. The van der Waals surface area contributed by atoms with E-state index >= 15 is 0 Å². The zero-order valence-electron chi connectivity index (χ0n) is 10.5. The van der Waals surface area contributed by atoms with E-state index in [1.54, 1.807) is 12.1 Å². The Morgan fingerprint density at radius 1 is 1.32 bits per heavy atom. The predicted molar refractivity (Wildman–Crippen MR) is 72.6 cm³/mol. The Balaban J connectivity index is 1.95. The Kier molecular flexibility index (Phi) is 4.21. The fourth-order valence-corrected chi connectivity index (χ4v) is 3.87. The molecule has 1 aromatic rings. The van der Waals surface area contributed by atoms with Crippen molar-refractivity contribution < 1.29 is 18.3 Å². The first-order valence-electron chi connectivity index (χ1n) is 6.21. The number of aliphatic hydroxyl groups excluding tert-OH is 1. The molecule has 1 amide bonds. The standard InChI is InChI=1S/C13H17NO4S/c15-7-5-10-1-3-12(4-2-10)14-13(16)11-6-8-19(17,18)9-11/h1-4,11,15H,5-9H2,(H,14,16). The van der Waals surface area contributed by atoms with Gasteiger partial charge in [-0.3, -0.25) is 4.79 Å². The predicted octanol–water partition coefficient (Wildman–Crippen LogP) is 0.595. The van der Waals surface area contributed by atoms with E-state index in [9.17, 15) is 13.2 Å². The number of hydrogen-bond donors (Lipinski definition) is 2. The highest BCUT2D eigenvalue weighted by Gasteiger charge is 2.32. The number of carbonyl (C=O) groups is 1. The third-order valence-corrected chi connectivity index (χ3v) is 4.99. The van der Waals surface area contributed by atoms with Crippen LogP contribution in [0, 0.1) is 5.92 Å². The van der Waals surface area contributed by atoms with Crippen molar-refractivity contribution in [1.29, 1.82) is 0 Å². The molecule has 1 atom stereocenters. The van der Waals surface area contributed by atoms with Gasteiger partial charge in [0.25, 0.3) is 0 Å². The van der Waals surface area contributed by atoms with E-state index in [4.69, 9.17) is 5.11 Å². The molecule has 104 valence electrons. The van der Waals surface area contributed by atoms with Crippen LogP contribution in [-0.4, -0.2) is 37.5 Å². The van der Waals surface area contributed by atoms with E-state index in [0.717, 1.165) is 5.56 Å². The van der Waals surface area contributed by atoms with Crippen molar-refractivity contribution in [3.8, 4) is 0 Å². The van der Waals surface area contributed by atoms with Gasteiger partial charge in [-0.2, -0.15) is 0 Å². The number of amides is 1. The highest BCUT2D eigenvalue weighted by atomic mass is 32.2. The third kappa shape index (κ3) is 3.78. The SMILES string of the molecule is O=C(Nc1ccc(CCO)cc1)C1CCS(=O)(=O)C1. The maximum absolute atomic E-state index is 11.9. The highest BCUT2D eigenvalue weighted by Crippen LogP contribution is 2.20. The fourth-order valence-electron chi connectivity index (χ4n) is 2.13. The molecule has 1 heterocycles. The molecule has 2 rings (SSSR count). The topological polar surface area (TPSA) is 83.5 Å². The van der Waals surface area contributed by atoms with Gasteiger partial charge in [0, 0.05) is 12.3 Å². The van der Waals surface area contributed by atoms with E-state index in [0.29, 0.717) is 18.5 Å². The Bertz CT molecular complexity index is 551. The zero-order chi connectivity index (χ0) is 13.9. The van der Waals surface area contributed by atoms with Crippen molar-refractivity contribution in [2.45, 2.75) is 12.8 Å². The van der Waals surface area contributed by atoms with E-state index in [1.165, 1.54) is 0 Å². The van der Waals surface area contributed by atoms with E-state index in [-0.39, 0.29) is 24.0 Å². The molecule has 2 N–H and O–H groups in total. The Labute approximate surface area is 112 Å². The van der Waals surface area contributed by atoms with E-state index in [2.05, 4.69) is 5.32 Å². The lowest BCUT2D eigenvalue weighted by Crippen LogP contribution is -2.23. The first-order chi connectivity index (χ1) is 9.00. The Morgan fingerprint density at radius 3 is 2.53 bits per heavy atom. The summed E-state index contributed by atoms with van der Waals surface area (Å²) in [4.78, 5) is 11.9. The quantitative estimate of drug-likeness (QED) is 0.847. The van der Waals surface area contributed by atoms with Crippen LogP contribution in [0.15, 0.2) is 24.3 Å². The summed E-state index contributed by atoms with van der Waals surface area (Å²) < 4.78 is 22.6. The lowest BCUT2D eigenvalue weighted by Gasteiger charge is -2.09. The normalized spacial score (nSPS) is 21.2. The maximum Gasteiger partial charge on any atom is 0.228 e. The molecular weight excluding hydrogens is 266 g/mol. The average Bonchev–Trinajstić information content (AvgIpc) is 2.73. The minimum absolute atomic E-state index is 0.0541. The minimum atomic E-state index is -3.04. The van der Waals surface area contributed by atoms with Crippen LogP contribution >= 0.6 is 0 Å². The molecule has 0 spiro atoms. The summed E-state index contributed by atoms with van der Waals surface area (Å²) in [6.07, 6.45) is 0.978. The molecule has 1 aliphatic rings. The molecule has 0 saturated carbocycles. The summed E-state index contributed by atoms with van der Waals surface area (Å²) in [5, 5.41) is 11.5. The number of benzene rings is 1. The summed E-state index contributed by atoms with van der Waals surface area (Å²) in [5.74, 6) is -0.639. The van der Waals surface area contributed by atoms with Crippen molar-refractivity contribution >= 4 is 21.4 Å². The van der Waals surface area contributed by atoms with E-state index in [1.807, 2.05) is 12.1 Å². The number of aliphatic hydroxyl groups is 1. The number of sulfone groups is 1. The van der Waals surface area contributed by atoms with Crippen molar-refractivity contribution in [3.05, 3.63) is 29.8 Å². The lowest BCUT2D eigenvalue weighted by molar-refractivity contribution is -0.119.